The van der Waals surface area contributed by atoms with Gasteiger partial charge in [-0.25, -0.2) is 9.78 Å². The van der Waals surface area contributed by atoms with Crippen LogP contribution in [0.25, 0.3) is 21.6 Å². The minimum Gasteiger partial charge on any atom is -0.481 e. The summed E-state index contributed by atoms with van der Waals surface area (Å²) >= 11 is 0.948. The molecule has 2 aromatic heterocycles. The number of aromatic carboxylic acids is 1. The van der Waals surface area contributed by atoms with Crippen LogP contribution in [0.2, 0.25) is 0 Å². The number of aromatic nitrogens is 2. The van der Waals surface area contributed by atoms with Gasteiger partial charge < -0.3 is 10.2 Å². The number of thiophene rings is 1. The molecule has 0 unspecified atom stereocenters. The summed E-state index contributed by atoms with van der Waals surface area (Å²) in [5.74, 6) is -1.81. The molecule has 0 saturated heterocycles. The summed E-state index contributed by atoms with van der Waals surface area (Å²) < 4.78 is 1.30. The van der Waals surface area contributed by atoms with E-state index in [0.717, 1.165) is 11.3 Å². The van der Waals surface area contributed by atoms with Crippen LogP contribution < -0.4 is 5.56 Å². The number of benzene rings is 1. The molecule has 0 aliphatic carbocycles. The van der Waals surface area contributed by atoms with Gasteiger partial charge in [-0.05, 0) is 12.5 Å². The highest BCUT2D eigenvalue weighted by molar-refractivity contribution is 7.20. The molecule has 2 heterocycles. The molecule has 3 rings (SSSR count). The van der Waals surface area contributed by atoms with Gasteiger partial charge in [-0.1, -0.05) is 30.3 Å². The van der Waals surface area contributed by atoms with Crippen molar-refractivity contribution in [1.82, 2.24) is 9.55 Å². The second kappa shape index (κ2) is 6.48. The zero-order chi connectivity index (χ0) is 18.1. The first-order chi connectivity index (χ1) is 11.9. The van der Waals surface area contributed by atoms with Crippen LogP contribution in [-0.2, 0) is 11.3 Å². The van der Waals surface area contributed by atoms with E-state index in [1.54, 1.807) is 31.2 Å². The molecule has 0 radical (unpaired) electrons. The molecule has 0 aliphatic rings. The summed E-state index contributed by atoms with van der Waals surface area (Å²) in [5.41, 5.74) is 0.592. The molecule has 0 atom stereocenters. The predicted molar refractivity (Wildman–Crippen MR) is 93.3 cm³/mol. The van der Waals surface area contributed by atoms with Gasteiger partial charge in [0.1, 0.15) is 15.5 Å². The van der Waals surface area contributed by atoms with Gasteiger partial charge in [0.25, 0.3) is 5.56 Å². The molecule has 2 N–H and O–H groups in total. The molecule has 0 saturated carbocycles. The van der Waals surface area contributed by atoms with E-state index < -0.39 is 17.5 Å². The van der Waals surface area contributed by atoms with E-state index in [-0.39, 0.29) is 23.2 Å². The Labute approximate surface area is 145 Å². The molecule has 128 valence electrons. The average molecular weight is 358 g/mol. The Balaban J connectivity index is 2.33. The number of carboxylic acid groups (broad SMARTS) is 2. The van der Waals surface area contributed by atoms with Crippen LogP contribution >= 0.6 is 11.3 Å². The zero-order valence-electron chi connectivity index (χ0n) is 13.2. The first-order valence-electron chi connectivity index (χ1n) is 7.44. The van der Waals surface area contributed by atoms with Gasteiger partial charge in [-0.2, -0.15) is 0 Å². The van der Waals surface area contributed by atoms with Gasteiger partial charge in [-0.3, -0.25) is 14.2 Å². The van der Waals surface area contributed by atoms with Gasteiger partial charge in [0.15, 0.2) is 0 Å². The van der Waals surface area contributed by atoms with E-state index in [1.807, 2.05) is 6.07 Å². The zero-order valence-corrected chi connectivity index (χ0v) is 14.0. The molecule has 0 aliphatic heterocycles. The van der Waals surface area contributed by atoms with E-state index in [1.165, 1.54) is 4.57 Å². The first kappa shape index (κ1) is 16.8. The summed E-state index contributed by atoms with van der Waals surface area (Å²) in [6.45, 7) is 1.52. The number of aliphatic carboxylic acids is 1. The van der Waals surface area contributed by atoms with Crippen molar-refractivity contribution in [3.63, 3.8) is 0 Å². The van der Waals surface area contributed by atoms with E-state index >= 15 is 0 Å². The van der Waals surface area contributed by atoms with Crippen molar-refractivity contribution in [3.8, 4) is 11.4 Å². The lowest BCUT2D eigenvalue weighted by Crippen LogP contribution is -2.24. The number of aryl methyl sites for hydroxylation is 1. The third-order valence-corrected chi connectivity index (χ3v) is 5.00. The molecule has 0 fully saturated rings. The lowest BCUT2D eigenvalue weighted by atomic mass is 10.1. The summed E-state index contributed by atoms with van der Waals surface area (Å²) in [5, 5.41) is 18.5. The second-order valence-electron chi connectivity index (χ2n) is 5.44. The topological polar surface area (TPSA) is 109 Å². The quantitative estimate of drug-likeness (QED) is 0.725. The Morgan fingerprint density at radius 2 is 1.88 bits per heavy atom. The molecule has 7 nitrogen and oxygen atoms in total. The van der Waals surface area contributed by atoms with Crippen LogP contribution in [0, 0.1) is 6.92 Å². The number of hydrogen-bond donors (Lipinski definition) is 2. The van der Waals surface area contributed by atoms with E-state index in [9.17, 15) is 19.5 Å². The highest BCUT2D eigenvalue weighted by atomic mass is 32.1. The fourth-order valence-corrected chi connectivity index (χ4v) is 3.65. The molecular formula is C17H14N2O5S. The number of nitrogens with zero attached hydrogens (tertiary/aromatic N) is 2. The van der Waals surface area contributed by atoms with Crippen LogP contribution in [0.1, 0.15) is 21.7 Å². The molecule has 0 spiro atoms. The van der Waals surface area contributed by atoms with Crippen molar-refractivity contribution in [2.45, 2.75) is 19.9 Å². The lowest BCUT2D eigenvalue weighted by Gasteiger charge is -2.11. The molecule has 1 aromatic carbocycles. The number of carbonyl (C=O) groups is 2. The maximum atomic E-state index is 12.9. The fourth-order valence-electron chi connectivity index (χ4n) is 2.64. The number of fused-ring (bicyclic) bond motifs is 1. The summed E-state index contributed by atoms with van der Waals surface area (Å²) in [4.78, 5) is 40.1. The third-order valence-electron chi connectivity index (χ3n) is 3.83. The number of rotatable bonds is 5. The van der Waals surface area contributed by atoms with Gasteiger partial charge in [-0.15, -0.1) is 11.3 Å². The molecule has 8 heteroatoms. The van der Waals surface area contributed by atoms with Gasteiger partial charge >= 0.3 is 11.9 Å². The maximum absolute atomic E-state index is 12.9. The van der Waals surface area contributed by atoms with E-state index in [4.69, 9.17) is 5.11 Å². The van der Waals surface area contributed by atoms with Crippen molar-refractivity contribution in [2.24, 2.45) is 0 Å². The highest BCUT2D eigenvalue weighted by Crippen LogP contribution is 2.29. The van der Waals surface area contributed by atoms with Crippen molar-refractivity contribution in [2.75, 3.05) is 0 Å². The van der Waals surface area contributed by atoms with Crippen molar-refractivity contribution < 1.29 is 19.8 Å². The standard InChI is InChI=1S/C17H14N2O5S/c1-9-12-15(25-13(9)17(23)24)18-14(10-5-3-2-4-6-10)19(16(12)22)8-7-11(20)21/h2-6H,7-8H2,1H3,(H,20,21)(H,23,24). The molecule has 0 amide bonds. The largest absolute Gasteiger partial charge is 0.481 e. The maximum Gasteiger partial charge on any atom is 0.346 e. The predicted octanol–water partition coefficient (Wildman–Crippen LogP) is 2.61. The van der Waals surface area contributed by atoms with Crippen LogP contribution in [0.3, 0.4) is 0 Å². The molecular weight excluding hydrogens is 344 g/mol. The minimum absolute atomic E-state index is 0.0426. The summed E-state index contributed by atoms with van der Waals surface area (Å²) in [7, 11) is 0. The fraction of sp³-hybridized carbons (Fsp3) is 0.176. The number of hydrogen-bond acceptors (Lipinski definition) is 5. The normalized spacial score (nSPS) is 10.9. The average Bonchev–Trinajstić information content (AvgIpc) is 2.91. The number of carboxylic acids is 2. The summed E-state index contributed by atoms with van der Waals surface area (Å²) in [6, 6.07) is 8.93. The monoisotopic (exact) mass is 358 g/mol. The lowest BCUT2D eigenvalue weighted by molar-refractivity contribution is -0.137. The van der Waals surface area contributed by atoms with Crippen molar-refractivity contribution in [3.05, 3.63) is 51.1 Å². The van der Waals surface area contributed by atoms with Crippen molar-refractivity contribution >= 4 is 33.5 Å². The van der Waals surface area contributed by atoms with E-state index in [2.05, 4.69) is 4.98 Å². The Morgan fingerprint density at radius 3 is 2.48 bits per heavy atom. The summed E-state index contributed by atoms with van der Waals surface area (Å²) in [6.07, 6.45) is -0.234. The molecule has 25 heavy (non-hydrogen) atoms. The SMILES string of the molecule is Cc1c(C(=O)O)sc2nc(-c3ccccc3)n(CCC(=O)O)c(=O)c12. The Morgan fingerprint density at radius 1 is 1.20 bits per heavy atom. The molecule has 3 aromatic rings. The smallest absolute Gasteiger partial charge is 0.346 e. The first-order valence-corrected chi connectivity index (χ1v) is 8.26. The Bertz CT molecular complexity index is 1040. The highest BCUT2D eigenvalue weighted by Gasteiger charge is 2.21. The Kier molecular flexibility index (Phi) is 4.37. The van der Waals surface area contributed by atoms with Crippen molar-refractivity contribution in [1.29, 1.82) is 0 Å². The van der Waals surface area contributed by atoms with E-state index in [0.29, 0.717) is 21.8 Å². The van der Waals surface area contributed by atoms with Gasteiger partial charge in [0.2, 0.25) is 0 Å². The molecule has 0 bridgehead atoms. The van der Waals surface area contributed by atoms with Crippen LogP contribution in [0.5, 0.6) is 0 Å². The van der Waals surface area contributed by atoms with Gasteiger partial charge in [0, 0.05) is 12.1 Å². The third kappa shape index (κ3) is 3.03. The Hall–Kier alpha value is -3.00. The van der Waals surface area contributed by atoms with Crippen LogP contribution in [-0.4, -0.2) is 31.7 Å². The second-order valence-corrected chi connectivity index (χ2v) is 6.44. The van der Waals surface area contributed by atoms with Crippen LogP contribution in [0.4, 0.5) is 0 Å². The van der Waals surface area contributed by atoms with Crippen LogP contribution in [0.15, 0.2) is 35.1 Å². The van der Waals surface area contributed by atoms with Gasteiger partial charge in [0.05, 0.1) is 11.8 Å². The minimum atomic E-state index is -1.11.